The van der Waals surface area contributed by atoms with Crippen molar-refractivity contribution in [1.29, 1.82) is 0 Å². The molecule has 0 saturated heterocycles. The van der Waals surface area contributed by atoms with Crippen molar-refractivity contribution in [2.45, 2.75) is 37.1 Å². The van der Waals surface area contributed by atoms with E-state index in [0.29, 0.717) is 17.7 Å². The molecule has 132 valence electrons. The Morgan fingerprint density at radius 1 is 1.20 bits per heavy atom. The van der Waals surface area contributed by atoms with E-state index in [2.05, 4.69) is 10.0 Å². The third kappa shape index (κ3) is 3.72. The van der Waals surface area contributed by atoms with E-state index < -0.39 is 21.3 Å². The van der Waals surface area contributed by atoms with Gasteiger partial charge < -0.3 is 5.32 Å². The quantitative estimate of drug-likeness (QED) is 0.878. The number of sulfonamides is 1. The number of benzene rings is 2. The lowest BCUT2D eigenvalue weighted by atomic mass is 9.78. The molecule has 1 amide bonds. The number of hydrogen-bond donors (Lipinski definition) is 2. The smallest absolute Gasteiger partial charge is 0.240 e. The molecule has 2 N–H and O–H groups in total. The Balaban J connectivity index is 1.87. The minimum Gasteiger partial charge on any atom is -0.326 e. The summed E-state index contributed by atoms with van der Waals surface area (Å²) >= 11 is 0. The van der Waals surface area contributed by atoms with Crippen LogP contribution in [0.15, 0.2) is 47.4 Å². The lowest BCUT2D eigenvalue weighted by molar-refractivity contribution is -0.117. The normalized spacial score (nSPS) is 16.2. The Morgan fingerprint density at radius 3 is 2.68 bits per heavy atom. The van der Waals surface area contributed by atoms with Crippen LogP contribution < -0.4 is 10.0 Å². The summed E-state index contributed by atoms with van der Waals surface area (Å²) < 4.78 is 40.8. The van der Waals surface area contributed by atoms with E-state index in [0.717, 1.165) is 5.56 Å². The van der Waals surface area contributed by atoms with Gasteiger partial charge in [0, 0.05) is 24.1 Å². The van der Waals surface area contributed by atoms with Gasteiger partial charge in [-0.15, -0.1) is 0 Å². The summed E-state index contributed by atoms with van der Waals surface area (Å²) in [6.45, 7) is 3.81. The molecule has 0 unspecified atom stereocenters. The fourth-order valence-corrected chi connectivity index (χ4v) is 4.00. The molecular weight excluding hydrogens is 343 g/mol. The van der Waals surface area contributed by atoms with Crippen molar-refractivity contribution in [2.75, 3.05) is 5.32 Å². The third-order valence-corrected chi connectivity index (χ3v) is 5.66. The van der Waals surface area contributed by atoms with Gasteiger partial charge in [0.15, 0.2) is 0 Å². The highest BCUT2D eigenvalue weighted by Crippen LogP contribution is 2.38. The van der Waals surface area contributed by atoms with E-state index in [-0.39, 0.29) is 17.3 Å². The number of fused-ring (bicyclic) bond motifs is 1. The van der Waals surface area contributed by atoms with Crippen LogP contribution in [0, 0.1) is 5.82 Å². The molecule has 0 radical (unpaired) electrons. The van der Waals surface area contributed by atoms with Crippen LogP contribution in [0.1, 0.15) is 31.4 Å². The number of carbonyl (C=O) groups excluding carboxylic acids is 1. The Labute approximate surface area is 146 Å². The van der Waals surface area contributed by atoms with Crippen LogP contribution >= 0.6 is 0 Å². The number of carbonyl (C=O) groups is 1. The zero-order valence-corrected chi connectivity index (χ0v) is 14.8. The molecule has 0 atom stereocenters. The van der Waals surface area contributed by atoms with E-state index >= 15 is 0 Å². The average Bonchev–Trinajstić information content (AvgIpc) is 2.52. The first-order valence-corrected chi connectivity index (χ1v) is 9.34. The predicted octanol–water partition coefficient (Wildman–Crippen LogP) is 2.92. The van der Waals surface area contributed by atoms with Gasteiger partial charge in [-0.2, -0.15) is 0 Å². The monoisotopic (exact) mass is 362 g/mol. The topological polar surface area (TPSA) is 75.3 Å². The number of halogens is 1. The second-order valence-corrected chi connectivity index (χ2v) is 8.54. The molecule has 2 aromatic rings. The molecular formula is C18H19FN2O3S. The number of hydrogen-bond acceptors (Lipinski definition) is 3. The van der Waals surface area contributed by atoms with Crippen LogP contribution in [0.4, 0.5) is 10.1 Å². The molecule has 1 aliphatic heterocycles. The summed E-state index contributed by atoms with van der Waals surface area (Å²) in [6.07, 6.45) is 0.292. The Kier molecular flexibility index (Phi) is 4.38. The number of anilines is 1. The summed E-state index contributed by atoms with van der Waals surface area (Å²) in [5, 5.41) is 2.76. The summed E-state index contributed by atoms with van der Waals surface area (Å²) in [7, 11) is -3.75. The zero-order chi connectivity index (χ0) is 18.2. The zero-order valence-electron chi connectivity index (χ0n) is 14.0. The summed E-state index contributed by atoms with van der Waals surface area (Å²) in [4.78, 5) is 11.9. The number of rotatable bonds is 4. The average molecular weight is 362 g/mol. The Hall–Kier alpha value is -2.25. The fraction of sp³-hybridized carbons (Fsp3) is 0.278. The standard InChI is InChI=1S/C18H19FN2O3S/c1-18(2)10-17(22)21-16-7-6-14(9-15(16)18)25(23,24)20-11-12-4-3-5-13(19)8-12/h3-9,20H,10-11H2,1-2H3,(H,21,22). The van der Waals surface area contributed by atoms with Crippen molar-refractivity contribution in [1.82, 2.24) is 4.72 Å². The van der Waals surface area contributed by atoms with Crippen LogP contribution in [0.2, 0.25) is 0 Å². The molecule has 7 heteroatoms. The molecule has 1 aliphatic rings. The van der Waals surface area contributed by atoms with Crippen molar-refractivity contribution < 1.29 is 17.6 Å². The molecule has 0 aromatic heterocycles. The summed E-state index contributed by atoms with van der Waals surface area (Å²) in [5.74, 6) is -0.500. The predicted molar refractivity (Wildman–Crippen MR) is 93.1 cm³/mol. The second-order valence-electron chi connectivity index (χ2n) is 6.77. The van der Waals surface area contributed by atoms with Gasteiger partial charge in [0.25, 0.3) is 0 Å². The summed E-state index contributed by atoms with van der Waals surface area (Å²) in [5.41, 5.74) is 1.49. The van der Waals surface area contributed by atoms with Crippen molar-refractivity contribution in [3.8, 4) is 0 Å². The van der Waals surface area contributed by atoms with Gasteiger partial charge in [-0.05, 0) is 41.5 Å². The maximum absolute atomic E-state index is 13.2. The molecule has 0 spiro atoms. The van der Waals surface area contributed by atoms with Crippen LogP contribution in [-0.4, -0.2) is 14.3 Å². The molecule has 3 rings (SSSR count). The second kappa shape index (κ2) is 6.24. The SMILES string of the molecule is CC1(C)CC(=O)Nc2ccc(S(=O)(=O)NCc3cccc(F)c3)cc21. The van der Waals surface area contributed by atoms with E-state index in [4.69, 9.17) is 0 Å². The van der Waals surface area contributed by atoms with Crippen LogP contribution in [0.25, 0.3) is 0 Å². The highest BCUT2D eigenvalue weighted by molar-refractivity contribution is 7.89. The maximum Gasteiger partial charge on any atom is 0.240 e. The molecule has 0 aliphatic carbocycles. The van der Waals surface area contributed by atoms with Crippen molar-refractivity contribution in [3.05, 3.63) is 59.4 Å². The highest BCUT2D eigenvalue weighted by atomic mass is 32.2. The van der Waals surface area contributed by atoms with Gasteiger partial charge >= 0.3 is 0 Å². The lowest BCUT2D eigenvalue weighted by Crippen LogP contribution is -2.33. The highest BCUT2D eigenvalue weighted by Gasteiger charge is 2.33. The van der Waals surface area contributed by atoms with Crippen molar-refractivity contribution in [2.24, 2.45) is 0 Å². The van der Waals surface area contributed by atoms with E-state index in [9.17, 15) is 17.6 Å². The molecule has 0 bridgehead atoms. The number of amides is 1. The minimum atomic E-state index is -3.75. The Bertz CT molecular complexity index is 939. The van der Waals surface area contributed by atoms with E-state index in [1.165, 1.54) is 24.3 Å². The van der Waals surface area contributed by atoms with Crippen molar-refractivity contribution in [3.63, 3.8) is 0 Å². The first-order chi connectivity index (χ1) is 11.7. The van der Waals surface area contributed by atoms with Gasteiger partial charge in [-0.1, -0.05) is 26.0 Å². The van der Waals surface area contributed by atoms with Gasteiger partial charge in [0.05, 0.1) is 4.90 Å². The van der Waals surface area contributed by atoms with Crippen LogP contribution in [-0.2, 0) is 26.8 Å². The number of nitrogens with one attached hydrogen (secondary N) is 2. The molecule has 1 heterocycles. The molecule has 5 nitrogen and oxygen atoms in total. The van der Waals surface area contributed by atoms with Gasteiger partial charge in [-0.25, -0.2) is 17.5 Å². The molecule has 0 saturated carbocycles. The first-order valence-electron chi connectivity index (χ1n) is 7.86. The third-order valence-electron chi connectivity index (χ3n) is 4.26. The minimum absolute atomic E-state index is 0.00267. The van der Waals surface area contributed by atoms with Crippen LogP contribution in [0.5, 0.6) is 0 Å². The van der Waals surface area contributed by atoms with Gasteiger partial charge in [0.2, 0.25) is 15.9 Å². The van der Waals surface area contributed by atoms with Crippen molar-refractivity contribution >= 4 is 21.6 Å². The molecule has 25 heavy (non-hydrogen) atoms. The van der Waals surface area contributed by atoms with E-state index in [1.54, 1.807) is 18.2 Å². The van der Waals surface area contributed by atoms with E-state index in [1.807, 2.05) is 13.8 Å². The van der Waals surface area contributed by atoms with Crippen LogP contribution in [0.3, 0.4) is 0 Å². The molecule has 2 aromatic carbocycles. The summed E-state index contributed by atoms with van der Waals surface area (Å²) in [6, 6.07) is 10.4. The lowest BCUT2D eigenvalue weighted by Gasteiger charge is -2.32. The molecule has 0 fully saturated rings. The van der Waals surface area contributed by atoms with Gasteiger partial charge in [-0.3, -0.25) is 4.79 Å². The largest absolute Gasteiger partial charge is 0.326 e. The fourth-order valence-electron chi connectivity index (χ4n) is 2.96. The Morgan fingerprint density at radius 2 is 1.96 bits per heavy atom. The van der Waals surface area contributed by atoms with Gasteiger partial charge in [0.1, 0.15) is 5.82 Å². The first kappa shape index (κ1) is 17.6. The maximum atomic E-state index is 13.2.